The van der Waals surface area contributed by atoms with Crippen molar-refractivity contribution in [2.45, 2.75) is 20.3 Å². The maximum atomic E-state index is 12.4. The lowest BCUT2D eigenvalue weighted by atomic mass is 10.1. The molecular formula is C17H20N4O2. The zero-order valence-electron chi connectivity index (χ0n) is 13.5. The summed E-state index contributed by atoms with van der Waals surface area (Å²) in [5.74, 6) is -0.494. The Bertz CT molecular complexity index is 766. The third-order valence-electron chi connectivity index (χ3n) is 4.34. The Morgan fingerprint density at radius 2 is 2.13 bits per heavy atom. The molecule has 6 nitrogen and oxygen atoms in total. The Balaban J connectivity index is 1.74. The number of aromatic nitrogens is 2. The molecule has 2 amide bonds. The fraction of sp³-hybridized carbons (Fsp3) is 0.353. The number of amides is 2. The van der Waals surface area contributed by atoms with Gasteiger partial charge in [0, 0.05) is 31.9 Å². The van der Waals surface area contributed by atoms with Gasteiger partial charge in [0.05, 0.1) is 17.8 Å². The highest BCUT2D eigenvalue weighted by molar-refractivity contribution is 6.03. The number of carbonyl (C=O) groups excluding carboxylic acids is 2. The fourth-order valence-corrected chi connectivity index (χ4v) is 2.87. The Morgan fingerprint density at radius 3 is 2.83 bits per heavy atom. The van der Waals surface area contributed by atoms with E-state index in [1.807, 2.05) is 32.0 Å². The molecule has 0 saturated carbocycles. The second-order valence-electron chi connectivity index (χ2n) is 6.02. The molecule has 1 aromatic heterocycles. The summed E-state index contributed by atoms with van der Waals surface area (Å²) in [6.07, 6.45) is 3.56. The first kappa shape index (κ1) is 15.3. The molecule has 1 aliphatic heterocycles. The molecule has 1 fully saturated rings. The first-order chi connectivity index (χ1) is 11.0. The maximum absolute atomic E-state index is 12.4. The molecule has 1 aliphatic rings. The second-order valence-corrected chi connectivity index (χ2v) is 6.02. The highest BCUT2D eigenvalue weighted by Gasteiger charge is 2.35. The van der Waals surface area contributed by atoms with Gasteiger partial charge in [0.2, 0.25) is 11.8 Å². The Labute approximate surface area is 135 Å². The van der Waals surface area contributed by atoms with Crippen LogP contribution in [0.15, 0.2) is 30.6 Å². The highest BCUT2D eigenvalue weighted by atomic mass is 16.2. The molecule has 23 heavy (non-hydrogen) atoms. The zero-order chi connectivity index (χ0) is 16.6. The number of benzene rings is 1. The lowest BCUT2D eigenvalue weighted by molar-refractivity contribution is -0.122. The number of hydrogen-bond donors (Lipinski definition) is 1. The molecule has 6 heteroatoms. The van der Waals surface area contributed by atoms with Gasteiger partial charge in [-0.2, -0.15) is 5.10 Å². The summed E-state index contributed by atoms with van der Waals surface area (Å²) in [5.41, 5.74) is 3.76. The Morgan fingerprint density at radius 1 is 1.35 bits per heavy atom. The van der Waals surface area contributed by atoms with Crippen LogP contribution in [0.3, 0.4) is 0 Å². The predicted octanol–water partition coefficient (Wildman–Crippen LogP) is 2.03. The summed E-state index contributed by atoms with van der Waals surface area (Å²) >= 11 is 0. The predicted molar refractivity (Wildman–Crippen MR) is 88.2 cm³/mol. The summed E-state index contributed by atoms with van der Waals surface area (Å²) in [6, 6.07) is 5.89. The topological polar surface area (TPSA) is 67.2 Å². The van der Waals surface area contributed by atoms with Gasteiger partial charge in [-0.25, -0.2) is 0 Å². The Hall–Kier alpha value is -2.63. The molecule has 0 aliphatic carbocycles. The van der Waals surface area contributed by atoms with Gasteiger partial charge in [-0.05, 0) is 31.0 Å². The minimum absolute atomic E-state index is 0.00923. The van der Waals surface area contributed by atoms with E-state index in [1.165, 1.54) is 0 Å². The van der Waals surface area contributed by atoms with Crippen LogP contribution in [0.5, 0.6) is 0 Å². The van der Waals surface area contributed by atoms with Gasteiger partial charge < -0.3 is 10.2 Å². The molecule has 1 aromatic carbocycles. The van der Waals surface area contributed by atoms with Gasteiger partial charge in [-0.15, -0.1) is 0 Å². The smallest absolute Gasteiger partial charge is 0.229 e. The van der Waals surface area contributed by atoms with Gasteiger partial charge >= 0.3 is 0 Å². The van der Waals surface area contributed by atoms with Crippen LogP contribution in [-0.2, 0) is 16.6 Å². The van der Waals surface area contributed by atoms with Crippen molar-refractivity contribution in [2.75, 3.05) is 16.8 Å². The van der Waals surface area contributed by atoms with Crippen molar-refractivity contribution in [3.05, 3.63) is 41.7 Å². The lowest BCUT2D eigenvalue weighted by Gasteiger charge is -2.20. The van der Waals surface area contributed by atoms with E-state index in [9.17, 15) is 9.59 Å². The SMILES string of the molecule is Cc1cccc(N2C[C@H](C(=O)Nc3cnn(C)c3)CC2=O)c1C. The number of aryl methyl sites for hydroxylation is 2. The van der Waals surface area contributed by atoms with Crippen LogP contribution < -0.4 is 10.2 Å². The van der Waals surface area contributed by atoms with Crippen molar-refractivity contribution in [3.8, 4) is 0 Å². The molecule has 0 spiro atoms. The molecule has 1 saturated heterocycles. The molecule has 1 atom stereocenters. The number of anilines is 2. The third kappa shape index (κ3) is 2.97. The molecule has 1 N–H and O–H groups in total. The quantitative estimate of drug-likeness (QED) is 0.943. The van der Waals surface area contributed by atoms with Crippen LogP contribution in [0.4, 0.5) is 11.4 Å². The summed E-state index contributed by atoms with van der Waals surface area (Å²) in [6.45, 7) is 4.43. The highest BCUT2D eigenvalue weighted by Crippen LogP contribution is 2.29. The average Bonchev–Trinajstić information content (AvgIpc) is 3.08. The van der Waals surface area contributed by atoms with Gasteiger partial charge in [0.1, 0.15) is 0 Å². The fourth-order valence-electron chi connectivity index (χ4n) is 2.87. The lowest BCUT2D eigenvalue weighted by Crippen LogP contribution is -2.28. The van der Waals surface area contributed by atoms with E-state index in [-0.39, 0.29) is 24.2 Å². The molecule has 120 valence electrons. The normalized spacial score (nSPS) is 17.6. The van der Waals surface area contributed by atoms with Gasteiger partial charge in [-0.1, -0.05) is 12.1 Å². The minimum atomic E-state index is -0.345. The van der Waals surface area contributed by atoms with Crippen molar-refractivity contribution in [2.24, 2.45) is 13.0 Å². The standard InChI is InChI=1S/C17H20N4O2/c1-11-5-4-6-15(12(11)2)21-9-13(7-16(21)22)17(23)19-14-8-18-20(3)10-14/h4-6,8,10,13H,7,9H2,1-3H3,(H,19,23)/t13-/m1/s1. The van der Waals surface area contributed by atoms with E-state index in [4.69, 9.17) is 0 Å². The minimum Gasteiger partial charge on any atom is -0.323 e. The molecule has 0 radical (unpaired) electrons. The monoisotopic (exact) mass is 312 g/mol. The van der Waals surface area contributed by atoms with Gasteiger partial charge in [0.25, 0.3) is 0 Å². The molecule has 3 rings (SSSR count). The molecular weight excluding hydrogens is 292 g/mol. The number of nitrogens with zero attached hydrogens (tertiary/aromatic N) is 3. The van der Waals surface area contributed by atoms with Gasteiger partial charge in [-0.3, -0.25) is 14.3 Å². The average molecular weight is 312 g/mol. The van der Waals surface area contributed by atoms with Crippen molar-refractivity contribution in [1.82, 2.24) is 9.78 Å². The molecule has 2 heterocycles. The summed E-state index contributed by atoms with van der Waals surface area (Å²) in [7, 11) is 1.79. The third-order valence-corrected chi connectivity index (χ3v) is 4.34. The van der Waals surface area contributed by atoms with Crippen molar-refractivity contribution >= 4 is 23.2 Å². The maximum Gasteiger partial charge on any atom is 0.229 e. The first-order valence-electron chi connectivity index (χ1n) is 7.62. The van der Waals surface area contributed by atoms with E-state index >= 15 is 0 Å². The molecule has 2 aromatic rings. The number of rotatable bonds is 3. The van der Waals surface area contributed by atoms with Gasteiger partial charge in [0.15, 0.2) is 0 Å². The van der Waals surface area contributed by atoms with E-state index in [0.717, 1.165) is 16.8 Å². The van der Waals surface area contributed by atoms with Crippen LogP contribution in [0, 0.1) is 19.8 Å². The van der Waals surface area contributed by atoms with E-state index in [1.54, 1.807) is 29.0 Å². The first-order valence-corrected chi connectivity index (χ1v) is 7.62. The van der Waals surface area contributed by atoms with E-state index in [2.05, 4.69) is 10.4 Å². The van der Waals surface area contributed by atoms with Crippen LogP contribution in [0.1, 0.15) is 17.5 Å². The number of nitrogens with one attached hydrogen (secondary N) is 1. The van der Waals surface area contributed by atoms with Crippen LogP contribution >= 0.6 is 0 Å². The second kappa shape index (κ2) is 5.87. The zero-order valence-corrected chi connectivity index (χ0v) is 13.5. The summed E-state index contributed by atoms with van der Waals surface area (Å²) < 4.78 is 1.62. The van der Waals surface area contributed by atoms with Crippen molar-refractivity contribution in [1.29, 1.82) is 0 Å². The summed E-state index contributed by atoms with van der Waals surface area (Å²) in [5, 5.41) is 6.84. The van der Waals surface area contributed by atoms with Crippen molar-refractivity contribution < 1.29 is 9.59 Å². The molecule has 0 unspecified atom stereocenters. The van der Waals surface area contributed by atoms with Crippen molar-refractivity contribution in [3.63, 3.8) is 0 Å². The largest absolute Gasteiger partial charge is 0.323 e. The molecule has 0 bridgehead atoms. The van der Waals surface area contributed by atoms with E-state index in [0.29, 0.717) is 12.2 Å². The number of carbonyl (C=O) groups is 2. The summed E-state index contributed by atoms with van der Waals surface area (Å²) in [4.78, 5) is 26.4. The Kier molecular flexibility index (Phi) is 3.90. The van der Waals surface area contributed by atoms with Crippen LogP contribution in [0.25, 0.3) is 0 Å². The number of hydrogen-bond acceptors (Lipinski definition) is 3. The van der Waals surface area contributed by atoms with Crippen LogP contribution in [-0.4, -0.2) is 28.1 Å². The van der Waals surface area contributed by atoms with E-state index < -0.39 is 0 Å². The van der Waals surface area contributed by atoms with Crippen LogP contribution in [0.2, 0.25) is 0 Å².